The highest BCUT2D eigenvalue weighted by Crippen LogP contribution is 2.22. The van der Waals surface area contributed by atoms with Gasteiger partial charge in [0.05, 0.1) is 18.7 Å². The average molecular weight is 335 g/mol. The Balaban J connectivity index is 1.55. The number of ether oxygens (including phenoxy) is 1. The number of nitrogens with one attached hydrogen (secondary N) is 1. The topological polar surface area (TPSA) is 72.3 Å². The molecule has 0 spiro atoms. The Hall–Kier alpha value is -1.47. The first-order valence-electron chi connectivity index (χ1n) is 9.07. The van der Waals surface area contributed by atoms with Crippen molar-refractivity contribution in [1.29, 1.82) is 0 Å². The first-order chi connectivity index (χ1) is 11.5. The number of hydrogen-bond acceptors (Lipinski definition) is 5. The Labute approximate surface area is 143 Å². The zero-order valence-corrected chi connectivity index (χ0v) is 15.0. The molecule has 2 aliphatic rings. The Bertz CT molecular complexity index is 567. The van der Waals surface area contributed by atoms with Gasteiger partial charge in [0.1, 0.15) is 11.6 Å². The summed E-state index contributed by atoms with van der Waals surface area (Å²) in [4.78, 5) is 19.2. The molecule has 0 saturated carbocycles. The van der Waals surface area contributed by atoms with E-state index in [9.17, 15) is 4.79 Å². The zero-order valence-electron chi connectivity index (χ0n) is 15.0. The number of hydrogen-bond donors (Lipinski definition) is 1. The summed E-state index contributed by atoms with van der Waals surface area (Å²) >= 11 is 0. The molecule has 0 aliphatic carbocycles. The minimum atomic E-state index is -0.121. The van der Waals surface area contributed by atoms with Gasteiger partial charge in [0, 0.05) is 19.2 Å². The fraction of sp³-hybridized carbons (Fsp3) is 0.824. The van der Waals surface area contributed by atoms with Crippen molar-refractivity contribution in [2.24, 2.45) is 0 Å². The normalized spacial score (nSPS) is 26.0. The second kappa shape index (κ2) is 7.61. The summed E-state index contributed by atoms with van der Waals surface area (Å²) in [7, 11) is 0. The summed E-state index contributed by atoms with van der Waals surface area (Å²) < 4.78 is 7.54. The van der Waals surface area contributed by atoms with Gasteiger partial charge in [0.25, 0.3) is 0 Å². The van der Waals surface area contributed by atoms with Crippen LogP contribution in [0, 0.1) is 13.8 Å². The molecule has 1 aromatic rings. The molecule has 0 bridgehead atoms. The molecule has 7 heteroatoms. The summed E-state index contributed by atoms with van der Waals surface area (Å²) in [5.41, 5.74) is 0. The number of carbonyl (C=O) groups excluding carboxylic acids is 1. The van der Waals surface area contributed by atoms with Gasteiger partial charge in [0.15, 0.2) is 0 Å². The van der Waals surface area contributed by atoms with Crippen molar-refractivity contribution in [3.63, 3.8) is 0 Å². The van der Waals surface area contributed by atoms with Crippen LogP contribution in [0.2, 0.25) is 0 Å². The number of rotatable bonds is 6. The average Bonchev–Trinajstić information content (AvgIpc) is 3.27. The lowest BCUT2D eigenvalue weighted by Gasteiger charge is -2.30. The lowest BCUT2D eigenvalue weighted by Crippen LogP contribution is -2.49. The summed E-state index contributed by atoms with van der Waals surface area (Å²) in [6.07, 6.45) is 4.56. The lowest BCUT2D eigenvalue weighted by molar-refractivity contribution is -0.126. The van der Waals surface area contributed by atoms with Gasteiger partial charge in [-0.3, -0.25) is 9.69 Å². The van der Waals surface area contributed by atoms with Gasteiger partial charge in [-0.15, -0.1) is 0 Å². The quantitative estimate of drug-likeness (QED) is 0.841. The third kappa shape index (κ3) is 3.95. The Morgan fingerprint density at radius 3 is 2.88 bits per heavy atom. The van der Waals surface area contributed by atoms with E-state index in [0.29, 0.717) is 12.6 Å². The molecule has 0 unspecified atom stereocenters. The SMILES string of the molecule is Cc1nc(C)n(C[C@@H]2CCCN2[C@@H](C)C(=O)NC[C@H]2CCCO2)n1. The molecular formula is C17H29N5O2. The van der Waals surface area contributed by atoms with Gasteiger partial charge < -0.3 is 10.1 Å². The van der Waals surface area contributed by atoms with E-state index in [-0.39, 0.29) is 18.1 Å². The van der Waals surface area contributed by atoms with Crippen LogP contribution in [0.4, 0.5) is 0 Å². The molecule has 3 rings (SSSR count). The highest BCUT2D eigenvalue weighted by Gasteiger charge is 2.33. The maximum absolute atomic E-state index is 12.5. The molecule has 134 valence electrons. The minimum Gasteiger partial charge on any atom is -0.376 e. The first kappa shape index (κ1) is 17.4. The van der Waals surface area contributed by atoms with Crippen LogP contribution in [0.3, 0.4) is 0 Å². The summed E-state index contributed by atoms with van der Waals surface area (Å²) in [6, 6.07) is 0.220. The van der Waals surface area contributed by atoms with Crippen molar-refractivity contribution in [3.05, 3.63) is 11.6 Å². The van der Waals surface area contributed by atoms with Crippen LogP contribution in [-0.4, -0.2) is 63.5 Å². The maximum Gasteiger partial charge on any atom is 0.237 e. The lowest BCUT2D eigenvalue weighted by atomic mass is 10.1. The third-order valence-electron chi connectivity index (χ3n) is 5.17. The Morgan fingerprint density at radius 2 is 2.21 bits per heavy atom. The third-order valence-corrected chi connectivity index (χ3v) is 5.17. The molecule has 0 radical (unpaired) electrons. The zero-order chi connectivity index (χ0) is 17.1. The van der Waals surface area contributed by atoms with Crippen LogP contribution in [0.25, 0.3) is 0 Å². The van der Waals surface area contributed by atoms with Crippen molar-refractivity contribution in [2.75, 3.05) is 19.7 Å². The van der Waals surface area contributed by atoms with Gasteiger partial charge in [0.2, 0.25) is 5.91 Å². The molecule has 0 aromatic carbocycles. The van der Waals surface area contributed by atoms with E-state index in [4.69, 9.17) is 4.74 Å². The van der Waals surface area contributed by atoms with Gasteiger partial charge in [-0.05, 0) is 53.0 Å². The van der Waals surface area contributed by atoms with E-state index in [0.717, 1.165) is 57.0 Å². The second-order valence-electron chi connectivity index (χ2n) is 6.98. The monoisotopic (exact) mass is 335 g/mol. The summed E-state index contributed by atoms with van der Waals surface area (Å²) in [5, 5.41) is 7.52. The minimum absolute atomic E-state index is 0.101. The predicted molar refractivity (Wildman–Crippen MR) is 90.7 cm³/mol. The van der Waals surface area contributed by atoms with Gasteiger partial charge in [-0.2, -0.15) is 5.10 Å². The van der Waals surface area contributed by atoms with E-state index in [1.807, 2.05) is 25.5 Å². The summed E-state index contributed by atoms with van der Waals surface area (Å²) in [6.45, 7) is 9.11. The molecule has 2 saturated heterocycles. The molecule has 1 aromatic heterocycles. The van der Waals surface area contributed by atoms with Crippen molar-refractivity contribution in [3.8, 4) is 0 Å². The van der Waals surface area contributed by atoms with E-state index in [1.54, 1.807) is 0 Å². The molecule has 2 aliphatic heterocycles. The number of nitrogens with zero attached hydrogens (tertiary/aromatic N) is 4. The van der Waals surface area contributed by atoms with Gasteiger partial charge in [-0.1, -0.05) is 0 Å². The number of aryl methyl sites for hydroxylation is 2. The standard InChI is InChI=1S/C17H29N5O2/c1-12(17(23)18-10-16-7-5-9-24-16)21-8-4-6-15(21)11-22-14(3)19-13(2)20-22/h12,15-16H,4-11H2,1-3H3,(H,18,23)/t12-,15-,16+/m0/s1. The van der Waals surface area contributed by atoms with Crippen molar-refractivity contribution < 1.29 is 9.53 Å². The fourth-order valence-corrected chi connectivity index (χ4v) is 3.82. The fourth-order valence-electron chi connectivity index (χ4n) is 3.82. The molecule has 3 heterocycles. The van der Waals surface area contributed by atoms with Crippen LogP contribution in [0.5, 0.6) is 0 Å². The molecule has 24 heavy (non-hydrogen) atoms. The van der Waals surface area contributed by atoms with Crippen molar-refractivity contribution in [2.45, 2.75) is 71.2 Å². The maximum atomic E-state index is 12.5. The Kier molecular flexibility index (Phi) is 5.50. The smallest absolute Gasteiger partial charge is 0.237 e. The molecular weight excluding hydrogens is 306 g/mol. The largest absolute Gasteiger partial charge is 0.376 e. The van der Waals surface area contributed by atoms with Crippen LogP contribution in [0.15, 0.2) is 0 Å². The molecule has 2 fully saturated rings. The summed E-state index contributed by atoms with van der Waals surface area (Å²) in [5.74, 6) is 1.85. The second-order valence-corrected chi connectivity index (χ2v) is 6.98. The number of aromatic nitrogens is 3. The Morgan fingerprint density at radius 1 is 1.38 bits per heavy atom. The number of amides is 1. The molecule has 1 amide bonds. The molecule has 7 nitrogen and oxygen atoms in total. The highest BCUT2D eigenvalue weighted by atomic mass is 16.5. The van der Waals surface area contributed by atoms with Crippen molar-refractivity contribution >= 4 is 5.91 Å². The number of carbonyl (C=O) groups is 1. The predicted octanol–water partition coefficient (Wildman–Crippen LogP) is 1.04. The van der Waals surface area contributed by atoms with Crippen molar-refractivity contribution in [1.82, 2.24) is 25.0 Å². The molecule has 1 N–H and O–H groups in total. The molecule has 3 atom stereocenters. The van der Waals surface area contributed by atoms with Crippen LogP contribution in [0.1, 0.15) is 44.3 Å². The van der Waals surface area contributed by atoms with Crippen LogP contribution in [-0.2, 0) is 16.1 Å². The number of likely N-dealkylation sites (tertiary alicyclic amines) is 1. The van der Waals surface area contributed by atoms with Gasteiger partial charge in [-0.25, -0.2) is 9.67 Å². The van der Waals surface area contributed by atoms with Gasteiger partial charge >= 0.3 is 0 Å². The van der Waals surface area contributed by atoms with E-state index >= 15 is 0 Å². The van der Waals surface area contributed by atoms with Crippen LogP contribution >= 0.6 is 0 Å². The van der Waals surface area contributed by atoms with E-state index in [1.165, 1.54) is 0 Å². The van der Waals surface area contributed by atoms with Crippen LogP contribution < -0.4 is 5.32 Å². The highest BCUT2D eigenvalue weighted by molar-refractivity contribution is 5.81. The van der Waals surface area contributed by atoms with E-state index < -0.39 is 0 Å². The van der Waals surface area contributed by atoms with E-state index in [2.05, 4.69) is 20.3 Å². The first-order valence-corrected chi connectivity index (χ1v) is 9.07.